The molecule has 0 amide bonds. The maximum atomic E-state index is 13.7. The molecule has 0 aromatic rings. The quantitative estimate of drug-likeness (QED) is 0.0278. The van der Waals surface area contributed by atoms with Crippen molar-refractivity contribution in [2.45, 2.75) is 353 Å². The van der Waals surface area contributed by atoms with Gasteiger partial charge >= 0.3 is 17.9 Å². The normalized spacial score (nSPS) is 16.7. The van der Waals surface area contributed by atoms with E-state index in [4.69, 9.17) is 18.9 Å². The highest BCUT2D eigenvalue weighted by Gasteiger charge is 2.55. The molecule has 0 saturated carbocycles. The minimum atomic E-state index is -1.43. The molecule has 0 aliphatic carbocycles. The van der Waals surface area contributed by atoms with Crippen molar-refractivity contribution in [3.63, 3.8) is 0 Å². The number of hydrogen-bond donors (Lipinski definition) is 1. The molecule has 1 fully saturated rings. The van der Waals surface area contributed by atoms with E-state index in [0.29, 0.717) is 25.7 Å². The second-order valence-electron chi connectivity index (χ2n) is 22.2. The number of carbonyl (C=O) groups excluding carboxylic acids is 3. The molecule has 0 aromatic carbocycles. The Morgan fingerprint density at radius 1 is 0.405 bits per heavy atom. The fourth-order valence-corrected chi connectivity index (χ4v) is 10.3. The first-order chi connectivity index (χ1) is 36.4. The van der Waals surface area contributed by atoms with E-state index >= 15 is 0 Å². The maximum absolute atomic E-state index is 13.7. The van der Waals surface area contributed by atoms with E-state index < -0.39 is 30.5 Å². The summed E-state index contributed by atoms with van der Waals surface area (Å²) in [5, 5.41) is 11.2. The first-order valence-electron chi connectivity index (χ1n) is 32.2. The smallest absolute Gasteiger partial charge is 0.306 e. The zero-order chi connectivity index (χ0) is 53.7. The number of aliphatic hydroxyl groups excluding tert-OH is 1. The van der Waals surface area contributed by atoms with E-state index in [1.165, 1.54) is 135 Å². The van der Waals surface area contributed by atoms with Gasteiger partial charge in [0.25, 0.3) is 0 Å². The molecule has 0 unspecified atom stereocenters. The van der Waals surface area contributed by atoms with Crippen LogP contribution in [0.5, 0.6) is 0 Å². The van der Waals surface area contributed by atoms with Crippen LogP contribution in [0.1, 0.15) is 329 Å². The van der Waals surface area contributed by atoms with Gasteiger partial charge in [-0.1, -0.05) is 238 Å². The van der Waals surface area contributed by atoms with E-state index in [9.17, 15) is 19.5 Å². The molecular weight excluding hydrogens is 921 g/mol. The highest BCUT2D eigenvalue weighted by molar-refractivity contribution is 5.71. The predicted octanol–water partition coefficient (Wildman–Crippen LogP) is 19.6. The molecule has 1 N–H and O–H groups in total. The zero-order valence-corrected chi connectivity index (χ0v) is 49.1. The Hall–Kier alpha value is -2.45. The summed E-state index contributed by atoms with van der Waals surface area (Å²) in [5.74, 6) is -1.09. The largest absolute Gasteiger partial charge is 0.456 e. The fourth-order valence-electron chi connectivity index (χ4n) is 10.3. The lowest BCUT2D eigenvalue weighted by molar-refractivity contribution is -0.200. The van der Waals surface area contributed by atoms with Crippen molar-refractivity contribution in [1.82, 2.24) is 0 Å². The van der Waals surface area contributed by atoms with E-state index in [-0.39, 0.29) is 43.8 Å². The average molecular weight is 1040 g/mol. The van der Waals surface area contributed by atoms with Crippen molar-refractivity contribution < 1.29 is 38.4 Å². The summed E-state index contributed by atoms with van der Waals surface area (Å²) in [4.78, 5) is 40.7. The Morgan fingerprint density at radius 2 is 0.703 bits per heavy atom. The Kier molecular flexibility index (Phi) is 49.4. The minimum Gasteiger partial charge on any atom is -0.456 e. The van der Waals surface area contributed by atoms with Gasteiger partial charge in [-0.15, -0.1) is 0 Å². The lowest BCUT2D eigenvalue weighted by Crippen LogP contribution is -2.56. The van der Waals surface area contributed by atoms with Gasteiger partial charge in [0.05, 0.1) is 13.2 Å². The molecule has 432 valence electrons. The molecule has 4 atom stereocenters. The van der Waals surface area contributed by atoms with Crippen LogP contribution < -0.4 is 0 Å². The van der Waals surface area contributed by atoms with Crippen molar-refractivity contribution in [2.75, 3.05) is 13.2 Å². The van der Waals surface area contributed by atoms with E-state index in [0.717, 1.165) is 122 Å². The van der Waals surface area contributed by atoms with Crippen molar-refractivity contribution in [2.24, 2.45) is 0 Å². The lowest BCUT2D eigenvalue weighted by atomic mass is 9.86. The van der Waals surface area contributed by atoms with E-state index in [2.05, 4.69) is 64.2 Å². The molecule has 8 nitrogen and oxygen atoms in total. The molecule has 8 heteroatoms. The number of carbonyl (C=O) groups is 3. The number of allylic oxidation sites excluding steroid dienone is 6. The standard InChI is InChI=1S/C66H120O8/c1-5-9-13-17-20-23-26-29-32-35-38-41-44-47-50-54-61(68)72-60-58-71-65(64(60)73-62(69)55-51-48-45-42-39-36-33-30-27-24-21-18-14-10-6-2)66(59-67,57-53-16-12-8-4)74-63(70)56-52-49-46-43-40-37-34-31-28-25-22-19-15-11-7-3/h29-34,60,64-65,67H,5-28,35-59H2,1-4H3/b32-29-,33-30-,34-31-/t60-,64+,65-,66+/m0/s1. The molecular formula is C66H120O8. The lowest BCUT2D eigenvalue weighted by Gasteiger charge is -2.39. The van der Waals surface area contributed by atoms with Crippen molar-refractivity contribution in [3.05, 3.63) is 36.5 Å². The third kappa shape index (κ3) is 39.9. The number of hydrogen-bond acceptors (Lipinski definition) is 8. The van der Waals surface area contributed by atoms with Crippen molar-refractivity contribution in [3.8, 4) is 0 Å². The second kappa shape index (κ2) is 52.6. The topological polar surface area (TPSA) is 108 Å². The predicted molar refractivity (Wildman–Crippen MR) is 313 cm³/mol. The van der Waals surface area contributed by atoms with Crippen LogP contribution in [0.15, 0.2) is 36.5 Å². The Labute approximate surface area is 457 Å². The Balaban J connectivity index is 2.81. The molecule has 1 heterocycles. The molecule has 1 aliphatic rings. The summed E-state index contributed by atoms with van der Waals surface area (Å²) in [5.41, 5.74) is -1.43. The first kappa shape index (κ1) is 69.6. The van der Waals surface area contributed by atoms with Gasteiger partial charge in [-0.3, -0.25) is 14.4 Å². The molecule has 1 rings (SSSR count). The van der Waals surface area contributed by atoms with Crippen LogP contribution in [-0.2, 0) is 33.3 Å². The molecule has 1 aliphatic heterocycles. The van der Waals surface area contributed by atoms with Crippen molar-refractivity contribution in [1.29, 1.82) is 0 Å². The van der Waals surface area contributed by atoms with Gasteiger partial charge in [0, 0.05) is 19.3 Å². The highest BCUT2D eigenvalue weighted by atomic mass is 16.7. The number of ether oxygens (including phenoxy) is 4. The number of aliphatic hydroxyl groups is 1. The number of esters is 3. The van der Waals surface area contributed by atoms with Gasteiger partial charge in [-0.25, -0.2) is 0 Å². The van der Waals surface area contributed by atoms with Crippen LogP contribution in [0.25, 0.3) is 0 Å². The Bertz CT molecular complexity index is 1360. The van der Waals surface area contributed by atoms with Gasteiger partial charge in [-0.2, -0.15) is 0 Å². The van der Waals surface area contributed by atoms with E-state index in [1.807, 2.05) is 0 Å². The molecule has 1 saturated heterocycles. The maximum Gasteiger partial charge on any atom is 0.306 e. The molecule has 0 spiro atoms. The van der Waals surface area contributed by atoms with Crippen LogP contribution in [0, 0.1) is 0 Å². The summed E-state index contributed by atoms with van der Waals surface area (Å²) in [6.07, 6.45) is 61.9. The third-order valence-electron chi connectivity index (χ3n) is 15.1. The van der Waals surface area contributed by atoms with Crippen LogP contribution in [0.2, 0.25) is 0 Å². The average Bonchev–Trinajstić information content (AvgIpc) is 3.79. The van der Waals surface area contributed by atoms with Gasteiger partial charge in [0.1, 0.15) is 6.10 Å². The number of unbranched alkanes of at least 4 members (excludes halogenated alkanes) is 36. The molecule has 74 heavy (non-hydrogen) atoms. The van der Waals surface area contributed by atoms with Crippen LogP contribution >= 0.6 is 0 Å². The number of rotatable bonds is 55. The molecule has 0 aromatic heterocycles. The van der Waals surface area contributed by atoms with Gasteiger partial charge < -0.3 is 24.1 Å². The summed E-state index contributed by atoms with van der Waals surface area (Å²) in [7, 11) is 0. The minimum absolute atomic E-state index is 0.0105. The van der Waals surface area contributed by atoms with Crippen LogP contribution in [0.4, 0.5) is 0 Å². The summed E-state index contributed by atoms with van der Waals surface area (Å²) < 4.78 is 25.0. The van der Waals surface area contributed by atoms with Gasteiger partial charge in [0.2, 0.25) is 0 Å². The van der Waals surface area contributed by atoms with Crippen molar-refractivity contribution >= 4 is 17.9 Å². The monoisotopic (exact) mass is 1040 g/mol. The van der Waals surface area contributed by atoms with Gasteiger partial charge in [0.15, 0.2) is 17.8 Å². The molecule has 0 bridgehead atoms. The molecule has 0 radical (unpaired) electrons. The second-order valence-corrected chi connectivity index (χ2v) is 22.2. The summed E-state index contributed by atoms with van der Waals surface area (Å²) in [6.45, 7) is 8.47. The summed E-state index contributed by atoms with van der Waals surface area (Å²) in [6, 6.07) is 0. The van der Waals surface area contributed by atoms with E-state index in [1.54, 1.807) is 0 Å². The SMILES string of the molecule is CCCCCCCC/C=C\CCCCCCCC(=O)O[C@@H]1[C@@H](OC(=O)CCCCCCC/C=C\CCCCCCCC)CO[C@@H]1[C@](CO)(CCCCCC)OC(=O)CCCCCCC/C=C\CCCCCCCC. The third-order valence-corrected chi connectivity index (χ3v) is 15.1. The highest BCUT2D eigenvalue weighted by Crippen LogP contribution is 2.36. The fraction of sp³-hybridized carbons (Fsp3) is 0.864. The summed E-state index contributed by atoms with van der Waals surface area (Å²) >= 11 is 0. The zero-order valence-electron chi connectivity index (χ0n) is 49.1. The van der Waals surface area contributed by atoms with Crippen LogP contribution in [-0.4, -0.2) is 60.1 Å². The Morgan fingerprint density at radius 3 is 1.05 bits per heavy atom. The van der Waals surface area contributed by atoms with Gasteiger partial charge in [-0.05, 0) is 109 Å². The first-order valence-corrected chi connectivity index (χ1v) is 32.2. The van der Waals surface area contributed by atoms with Crippen LogP contribution in [0.3, 0.4) is 0 Å².